The van der Waals surface area contributed by atoms with Crippen molar-refractivity contribution in [1.82, 2.24) is 24.8 Å². The number of carbonyl (C=O) groups excluding carboxylic acids is 1. The van der Waals surface area contributed by atoms with Gasteiger partial charge in [-0.05, 0) is 63.2 Å². The van der Waals surface area contributed by atoms with Crippen LogP contribution in [0, 0.1) is 0 Å². The number of aromatic amines is 1. The Labute approximate surface area is 247 Å². The summed E-state index contributed by atoms with van der Waals surface area (Å²) in [5.74, 6) is 0.793. The molecule has 5 aromatic rings. The summed E-state index contributed by atoms with van der Waals surface area (Å²) < 4.78 is 6.04. The fraction of sp³-hybridized carbons (Fsp3) is 0.250. The van der Waals surface area contributed by atoms with Gasteiger partial charge in [0.25, 0.3) is 0 Å². The minimum absolute atomic E-state index is 0.0594. The Morgan fingerprint density at radius 1 is 1.05 bits per heavy atom. The van der Waals surface area contributed by atoms with Crippen LogP contribution in [0.2, 0.25) is 0 Å². The molecule has 0 bridgehead atoms. The highest BCUT2D eigenvalue weighted by Crippen LogP contribution is 2.39. The van der Waals surface area contributed by atoms with E-state index in [1.807, 2.05) is 43.0 Å². The van der Waals surface area contributed by atoms with Gasteiger partial charge in [0.05, 0.1) is 46.9 Å². The third kappa shape index (κ3) is 5.03. The molecule has 9 nitrogen and oxygen atoms in total. The van der Waals surface area contributed by atoms with E-state index < -0.39 is 0 Å². The molecular formula is C32H31N7O2S. The number of carbonyl (C=O) groups is 1. The number of likely N-dealkylation sites (tertiary alicyclic amines) is 1. The molecule has 2 aliphatic rings. The molecule has 4 N–H and O–H groups in total. The number of H-pyrrole nitrogens is 1. The van der Waals surface area contributed by atoms with E-state index in [1.165, 1.54) is 24.2 Å². The van der Waals surface area contributed by atoms with E-state index in [0.717, 1.165) is 91.1 Å². The Morgan fingerprint density at radius 2 is 1.90 bits per heavy atom. The van der Waals surface area contributed by atoms with Gasteiger partial charge in [-0.15, -0.1) is 11.3 Å². The third-order valence-corrected chi connectivity index (χ3v) is 9.10. The molecule has 7 heterocycles. The van der Waals surface area contributed by atoms with Crippen LogP contribution in [0.3, 0.4) is 0 Å². The van der Waals surface area contributed by atoms with Crippen LogP contribution in [-0.2, 0) is 0 Å². The molecule has 0 saturated carbocycles. The largest absolute Gasteiger partial charge is 0.491 e. The van der Waals surface area contributed by atoms with Gasteiger partial charge in [0.1, 0.15) is 12.4 Å². The van der Waals surface area contributed by atoms with Crippen LogP contribution in [0.25, 0.3) is 38.2 Å². The van der Waals surface area contributed by atoms with Crippen molar-refractivity contribution in [2.24, 2.45) is 5.73 Å². The number of pyridine rings is 3. The number of rotatable bonds is 8. The average Bonchev–Trinajstić information content (AvgIpc) is 3.78. The van der Waals surface area contributed by atoms with E-state index in [9.17, 15) is 4.79 Å². The first-order valence-electron chi connectivity index (χ1n) is 14.2. The number of fused-ring (bicyclic) bond motifs is 2. The van der Waals surface area contributed by atoms with Crippen molar-refractivity contribution in [1.29, 1.82) is 0 Å². The smallest absolute Gasteiger partial charge is 0.169 e. The number of thiophene rings is 1. The van der Waals surface area contributed by atoms with Crippen LogP contribution in [0.5, 0.6) is 5.75 Å². The van der Waals surface area contributed by atoms with Gasteiger partial charge in [0.15, 0.2) is 5.78 Å². The van der Waals surface area contributed by atoms with Gasteiger partial charge >= 0.3 is 0 Å². The standard InChI is InChI=1S/C32H31N7O2S/c1-19(40)30-4-5-31(42-30)24-15-35-17-29-22(24)11-27(38-29)32-23-12-26(37-18-28(23)36-16-25(32)33)20-10-21(14-34-13-20)41-9-8-39-6-2-3-7-39/h4-5,10-15,17-18,36,38H,2-3,6-9,16,33H2,1H3. The van der Waals surface area contributed by atoms with Gasteiger partial charge in [0, 0.05) is 62.9 Å². The molecular weight excluding hydrogens is 546 g/mol. The van der Waals surface area contributed by atoms with E-state index in [2.05, 4.69) is 37.3 Å². The number of aromatic nitrogens is 4. The van der Waals surface area contributed by atoms with Crippen molar-refractivity contribution in [2.75, 3.05) is 38.1 Å². The Bertz CT molecular complexity index is 1830. The van der Waals surface area contributed by atoms with E-state index >= 15 is 0 Å². The molecule has 2 aliphatic heterocycles. The summed E-state index contributed by atoms with van der Waals surface area (Å²) in [6, 6.07) is 10.0. The van der Waals surface area contributed by atoms with Crippen LogP contribution in [0.1, 0.15) is 40.7 Å². The molecule has 0 spiro atoms. The molecule has 7 rings (SSSR count). The second-order valence-electron chi connectivity index (χ2n) is 10.7. The summed E-state index contributed by atoms with van der Waals surface area (Å²) in [7, 11) is 0. The molecule has 0 atom stereocenters. The van der Waals surface area contributed by atoms with Crippen LogP contribution < -0.4 is 15.8 Å². The van der Waals surface area contributed by atoms with Crippen LogP contribution in [-0.4, -0.2) is 63.4 Å². The van der Waals surface area contributed by atoms with E-state index in [4.69, 9.17) is 15.5 Å². The number of nitrogens with two attached hydrogens (primary N) is 1. The first kappa shape index (κ1) is 26.4. The summed E-state index contributed by atoms with van der Waals surface area (Å²) in [6.45, 7) is 5.96. The van der Waals surface area contributed by atoms with Crippen LogP contribution in [0.15, 0.2) is 67.0 Å². The lowest BCUT2D eigenvalue weighted by Crippen LogP contribution is -2.25. The van der Waals surface area contributed by atoms with E-state index in [-0.39, 0.29) is 5.78 Å². The van der Waals surface area contributed by atoms with Gasteiger partial charge in [-0.1, -0.05) is 0 Å². The summed E-state index contributed by atoms with van der Waals surface area (Å²) >= 11 is 1.48. The number of anilines is 1. The Hall–Kier alpha value is -4.54. The Morgan fingerprint density at radius 3 is 2.74 bits per heavy atom. The van der Waals surface area contributed by atoms with Crippen LogP contribution >= 0.6 is 11.3 Å². The molecule has 1 fully saturated rings. The molecule has 10 heteroatoms. The summed E-state index contributed by atoms with van der Waals surface area (Å²) in [6.07, 6.45) is 11.6. The first-order chi connectivity index (χ1) is 20.5. The van der Waals surface area contributed by atoms with Crippen LogP contribution in [0.4, 0.5) is 5.69 Å². The first-order valence-corrected chi connectivity index (χ1v) is 15.0. The number of hydrogen-bond donors (Lipinski definition) is 3. The molecule has 212 valence electrons. The zero-order valence-electron chi connectivity index (χ0n) is 23.3. The normalized spacial score (nSPS) is 15.2. The van der Waals surface area contributed by atoms with Crippen molar-refractivity contribution in [3.05, 3.63) is 83.1 Å². The molecule has 5 aromatic heterocycles. The van der Waals surface area contributed by atoms with Gasteiger partial charge in [-0.25, -0.2) is 0 Å². The van der Waals surface area contributed by atoms with Crippen molar-refractivity contribution in [3.63, 3.8) is 0 Å². The lowest BCUT2D eigenvalue weighted by molar-refractivity contribution is 0.102. The monoisotopic (exact) mass is 577 g/mol. The molecule has 0 unspecified atom stereocenters. The highest BCUT2D eigenvalue weighted by atomic mass is 32.1. The number of hydrogen-bond acceptors (Lipinski definition) is 9. The Kier molecular flexibility index (Phi) is 6.93. The maximum absolute atomic E-state index is 11.9. The second-order valence-corrected chi connectivity index (χ2v) is 11.8. The third-order valence-electron chi connectivity index (χ3n) is 7.88. The highest BCUT2D eigenvalue weighted by molar-refractivity contribution is 7.17. The summed E-state index contributed by atoms with van der Waals surface area (Å²) in [5.41, 5.74) is 14.6. The quantitative estimate of drug-likeness (QED) is 0.205. The van der Waals surface area contributed by atoms with Crippen molar-refractivity contribution in [2.45, 2.75) is 19.8 Å². The highest BCUT2D eigenvalue weighted by Gasteiger charge is 2.23. The molecule has 0 amide bonds. The SMILES string of the molecule is CC(=O)c1ccc(-c2cncc3[nH]c(C4=C(N)CNc5cnc(-c6cncc(OCCN7CCCC7)c6)cc54)cc23)s1. The van der Waals surface area contributed by atoms with Gasteiger partial charge in [-0.3, -0.25) is 24.6 Å². The zero-order chi connectivity index (χ0) is 28.6. The van der Waals surface area contributed by atoms with Crippen molar-refractivity contribution < 1.29 is 9.53 Å². The zero-order valence-corrected chi connectivity index (χ0v) is 24.1. The summed E-state index contributed by atoms with van der Waals surface area (Å²) in [4.78, 5) is 33.2. The molecule has 0 aromatic carbocycles. The van der Waals surface area contributed by atoms with Crippen molar-refractivity contribution >= 4 is 39.3 Å². The van der Waals surface area contributed by atoms with Gasteiger partial charge in [0.2, 0.25) is 0 Å². The minimum Gasteiger partial charge on any atom is -0.491 e. The predicted octanol–water partition coefficient (Wildman–Crippen LogP) is 5.57. The predicted molar refractivity (Wildman–Crippen MR) is 167 cm³/mol. The fourth-order valence-electron chi connectivity index (χ4n) is 5.72. The Balaban J connectivity index is 1.21. The maximum atomic E-state index is 11.9. The summed E-state index contributed by atoms with van der Waals surface area (Å²) in [5, 5.41) is 4.42. The molecule has 0 radical (unpaired) electrons. The number of nitrogens with zero attached hydrogens (tertiary/aromatic N) is 4. The number of Topliss-reactive ketones (excluding diaryl/α,β-unsaturated/α-hetero) is 1. The van der Waals surface area contributed by atoms with Gasteiger partial charge < -0.3 is 20.8 Å². The maximum Gasteiger partial charge on any atom is 0.169 e. The number of ketones is 1. The second kappa shape index (κ2) is 11.0. The minimum atomic E-state index is 0.0594. The van der Waals surface area contributed by atoms with E-state index in [1.54, 1.807) is 13.1 Å². The number of ether oxygens (including phenoxy) is 1. The molecule has 42 heavy (non-hydrogen) atoms. The fourth-order valence-corrected chi connectivity index (χ4v) is 6.65. The van der Waals surface area contributed by atoms with Gasteiger partial charge in [-0.2, -0.15) is 0 Å². The lowest BCUT2D eigenvalue weighted by Gasteiger charge is -2.22. The lowest BCUT2D eigenvalue weighted by atomic mass is 9.95. The topological polar surface area (TPSA) is 122 Å². The molecule has 0 aliphatic carbocycles. The van der Waals surface area contributed by atoms with Crippen molar-refractivity contribution in [3.8, 4) is 27.4 Å². The molecule has 1 saturated heterocycles. The van der Waals surface area contributed by atoms with E-state index in [0.29, 0.717) is 13.2 Å². The number of nitrogens with one attached hydrogen (secondary N) is 2. The average molecular weight is 578 g/mol.